The summed E-state index contributed by atoms with van der Waals surface area (Å²) in [6.07, 6.45) is 0.406. The molecule has 0 radical (unpaired) electrons. The van der Waals surface area contributed by atoms with Crippen LogP contribution in [-0.4, -0.2) is 23.3 Å². The Morgan fingerprint density at radius 3 is 2.41 bits per heavy atom. The molecule has 1 fully saturated rings. The molecule has 1 amide bonds. The summed E-state index contributed by atoms with van der Waals surface area (Å²) in [6.45, 7) is 10.2. The Labute approximate surface area is 131 Å². The van der Waals surface area contributed by atoms with Gasteiger partial charge in [-0.15, -0.1) is 0 Å². The zero-order chi connectivity index (χ0) is 16.8. The van der Waals surface area contributed by atoms with Crippen molar-refractivity contribution in [2.24, 2.45) is 11.1 Å². The summed E-state index contributed by atoms with van der Waals surface area (Å²) in [5, 5.41) is 13.0. The smallest absolute Gasteiger partial charge is 0.412 e. The van der Waals surface area contributed by atoms with Crippen molar-refractivity contribution in [1.29, 1.82) is 0 Å². The number of hydrogen-bond donors (Lipinski definition) is 3. The summed E-state index contributed by atoms with van der Waals surface area (Å²) in [5.41, 5.74) is 6.62. The minimum Gasteiger partial charge on any atom is -0.508 e. The lowest BCUT2D eigenvalue weighted by Gasteiger charge is -2.22. The van der Waals surface area contributed by atoms with Crippen molar-refractivity contribution in [2.45, 2.75) is 52.1 Å². The fourth-order valence-corrected chi connectivity index (χ4v) is 3.06. The Hall–Kier alpha value is -1.75. The molecule has 122 valence electrons. The van der Waals surface area contributed by atoms with Crippen molar-refractivity contribution in [1.82, 2.24) is 0 Å². The first kappa shape index (κ1) is 16.6. The number of carbonyl (C=O) groups is 1. The van der Waals surface area contributed by atoms with Crippen LogP contribution in [0.3, 0.4) is 0 Å². The zero-order valence-electron chi connectivity index (χ0n) is 14.0. The molecule has 1 aromatic rings. The van der Waals surface area contributed by atoms with E-state index < -0.39 is 11.7 Å². The molecule has 5 heteroatoms. The van der Waals surface area contributed by atoms with Gasteiger partial charge in [0, 0.05) is 29.3 Å². The normalized spacial score (nSPS) is 23.0. The quantitative estimate of drug-likeness (QED) is 0.799. The van der Waals surface area contributed by atoms with Gasteiger partial charge in [-0.05, 0) is 38.7 Å². The Morgan fingerprint density at radius 1 is 1.41 bits per heavy atom. The Morgan fingerprint density at radius 2 is 2.00 bits per heavy atom. The molecular weight excluding hydrogens is 280 g/mol. The molecule has 0 aliphatic heterocycles. The molecule has 1 aliphatic carbocycles. The number of hydrogen-bond acceptors (Lipinski definition) is 4. The predicted octanol–water partition coefficient (Wildman–Crippen LogP) is 3.37. The number of nitrogens with two attached hydrogens (primary N) is 1. The fraction of sp³-hybridized carbons (Fsp3) is 0.588. The number of nitrogens with one attached hydrogen (secondary N) is 1. The van der Waals surface area contributed by atoms with Crippen LogP contribution in [0.25, 0.3) is 0 Å². The van der Waals surface area contributed by atoms with Crippen LogP contribution in [0.2, 0.25) is 0 Å². The Balaban J connectivity index is 2.16. The SMILES string of the molecule is CC(C)(C)OC(=O)Nc1ccc(C2(CN)CC2(C)C)c(O)c1. The zero-order valence-corrected chi connectivity index (χ0v) is 14.0. The average molecular weight is 306 g/mol. The minimum atomic E-state index is -0.562. The van der Waals surface area contributed by atoms with Crippen LogP contribution >= 0.6 is 0 Å². The lowest BCUT2D eigenvalue weighted by Crippen LogP contribution is -2.27. The van der Waals surface area contributed by atoms with Gasteiger partial charge in [0.1, 0.15) is 11.4 Å². The third kappa shape index (κ3) is 3.04. The number of amides is 1. The number of ether oxygens (including phenoxy) is 1. The number of carbonyl (C=O) groups excluding carboxylic acids is 1. The molecule has 0 spiro atoms. The van der Waals surface area contributed by atoms with Gasteiger partial charge in [-0.1, -0.05) is 19.9 Å². The van der Waals surface area contributed by atoms with E-state index in [1.54, 1.807) is 32.9 Å². The highest BCUT2D eigenvalue weighted by Crippen LogP contribution is 2.65. The van der Waals surface area contributed by atoms with E-state index in [0.717, 1.165) is 12.0 Å². The lowest BCUT2D eigenvalue weighted by molar-refractivity contribution is 0.0636. The van der Waals surface area contributed by atoms with Crippen LogP contribution in [0.15, 0.2) is 18.2 Å². The van der Waals surface area contributed by atoms with Crippen molar-refractivity contribution < 1.29 is 14.6 Å². The average Bonchev–Trinajstić information content (AvgIpc) is 2.90. The highest BCUT2D eigenvalue weighted by Gasteiger charge is 2.61. The molecule has 22 heavy (non-hydrogen) atoms. The molecule has 1 aliphatic rings. The van der Waals surface area contributed by atoms with Crippen LogP contribution in [0.5, 0.6) is 5.75 Å². The second-order valence-corrected chi connectivity index (χ2v) is 7.71. The molecule has 1 aromatic carbocycles. The van der Waals surface area contributed by atoms with Crippen molar-refractivity contribution in [3.05, 3.63) is 23.8 Å². The number of benzene rings is 1. The first-order valence-corrected chi connectivity index (χ1v) is 7.54. The highest BCUT2D eigenvalue weighted by atomic mass is 16.6. The lowest BCUT2D eigenvalue weighted by atomic mass is 9.87. The second-order valence-electron chi connectivity index (χ2n) is 7.71. The summed E-state index contributed by atoms with van der Waals surface area (Å²) in [7, 11) is 0. The molecule has 5 nitrogen and oxygen atoms in total. The van der Waals surface area contributed by atoms with Crippen LogP contribution < -0.4 is 11.1 Å². The van der Waals surface area contributed by atoms with Crippen LogP contribution in [0, 0.1) is 5.41 Å². The molecule has 0 heterocycles. The van der Waals surface area contributed by atoms with E-state index in [9.17, 15) is 9.90 Å². The molecule has 2 rings (SSSR count). The largest absolute Gasteiger partial charge is 0.508 e. The number of phenolic OH excluding ortho intramolecular Hbond substituents is 1. The van der Waals surface area contributed by atoms with Crippen LogP contribution in [0.1, 0.15) is 46.6 Å². The molecular formula is C17H26N2O3. The summed E-state index contributed by atoms with van der Waals surface area (Å²) < 4.78 is 5.19. The van der Waals surface area contributed by atoms with E-state index in [1.807, 2.05) is 6.07 Å². The van der Waals surface area contributed by atoms with Gasteiger partial charge < -0.3 is 15.6 Å². The standard InChI is InChI=1S/C17H26N2O3/c1-15(2,3)22-14(21)19-11-6-7-12(13(20)8-11)17(10-18)9-16(17,4)5/h6-8,20H,9-10,18H2,1-5H3,(H,19,21). The van der Waals surface area contributed by atoms with E-state index in [-0.39, 0.29) is 16.6 Å². The molecule has 1 saturated carbocycles. The van der Waals surface area contributed by atoms with Gasteiger partial charge in [-0.2, -0.15) is 0 Å². The first-order chi connectivity index (χ1) is 10.0. The number of aromatic hydroxyl groups is 1. The van der Waals surface area contributed by atoms with E-state index >= 15 is 0 Å². The maximum atomic E-state index is 11.8. The summed E-state index contributed by atoms with van der Waals surface area (Å²) in [5.74, 6) is 0.157. The number of anilines is 1. The summed E-state index contributed by atoms with van der Waals surface area (Å²) in [6, 6.07) is 5.15. The van der Waals surface area contributed by atoms with Gasteiger partial charge in [0.25, 0.3) is 0 Å². The second kappa shape index (κ2) is 5.16. The van der Waals surface area contributed by atoms with E-state index in [2.05, 4.69) is 19.2 Å². The fourth-order valence-electron chi connectivity index (χ4n) is 3.06. The van der Waals surface area contributed by atoms with Gasteiger partial charge >= 0.3 is 6.09 Å². The molecule has 0 aromatic heterocycles. The molecule has 1 unspecified atom stereocenters. The number of rotatable bonds is 3. The van der Waals surface area contributed by atoms with Crippen molar-refractivity contribution in [3.8, 4) is 5.75 Å². The summed E-state index contributed by atoms with van der Waals surface area (Å²) in [4.78, 5) is 11.8. The van der Waals surface area contributed by atoms with Crippen molar-refractivity contribution in [2.75, 3.05) is 11.9 Å². The van der Waals surface area contributed by atoms with Gasteiger partial charge in [0.05, 0.1) is 0 Å². The monoisotopic (exact) mass is 306 g/mol. The maximum Gasteiger partial charge on any atom is 0.412 e. The van der Waals surface area contributed by atoms with Crippen molar-refractivity contribution >= 4 is 11.8 Å². The van der Waals surface area contributed by atoms with Crippen LogP contribution in [-0.2, 0) is 10.2 Å². The highest BCUT2D eigenvalue weighted by molar-refractivity contribution is 5.85. The Bertz CT molecular complexity index is 590. The van der Waals surface area contributed by atoms with E-state index in [4.69, 9.17) is 10.5 Å². The number of phenols is 1. The van der Waals surface area contributed by atoms with Gasteiger partial charge in [0.15, 0.2) is 0 Å². The minimum absolute atomic E-state index is 0.0827. The predicted molar refractivity (Wildman–Crippen MR) is 87.1 cm³/mol. The Kier molecular flexibility index (Phi) is 3.90. The van der Waals surface area contributed by atoms with Gasteiger partial charge in [-0.25, -0.2) is 4.79 Å². The molecule has 0 bridgehead atoms. The third-order valence-corrected chi connectivity index (χ3v) is 4.42. The van der Waals surface area contributed by atoms with Gasteiger partial charge in [0.2, 0.25) is 0 Å². The maximum absolute atomic E-state index is 11.8. The van der Waals surface area contributed by atoms with Crippen LogP contribution in [0.4, 0.5) is 10.5 Å². The molecule has 0 saturated heterocycles. The van der Waals surface area contributed by atoms with Crippen molar-refractivity contribution in [3.63, 3.8) is 0 Å². The molecule has 1 atom stereocenters. The third-order valence-electron chi connectivity index (χ3n) is 4.42. The van der Waals surface area contributed by atoms with Gasteiger partial charge in [-0.3, -0.25) is 5.32 Å². The first-order valence-electron chi connectivity index (χ1n) is 7.54. The topological polar surface area (TPSA) is 84.6 Å². The van der Waals surface area contributed by atoms with E-state index in [1.165, 1.54) is 0 Å². The molecule has 4 N–H and O–H groups in total. The summed E-state index contributed by atoms with van der Waals surface area (Å²) >= 11 is 0. The van der Waals surface area contributed by atoms with E-state index in [0.29, 0.717) is 12.2 Å².